The smallest absolute Gasteiger partial charge is 0.225 e. The van der Waals surface area contributed by atoms with Crippen LogP contribution in [0.1, 0.15) is 24.4 Å². The van der Waals surface area contributed by atoms with Gasteiger partial charge in [0, 0.05) is 24.8 Å². The molecule has 1 aliphatic heterocycles. The number of piperidine rings is 1. The molecule has 0 bridgehead atoms. The summed E-state index contributed by atoms with van der Waals surface area (Å²) in [6.07, 6.45) is 7.05. The molecule has 1 amide bonds. The fraction of sp³-hybridized carbons (Fsp3) is 0.533. The maximum Gasteiger partial charge on any atom is 0.225 e. The molecule has 2 heterocycles. The van der Waals surface area contributed by atoms with E-state index in [4.69, 9.17) is 6.42 Å². The van der Waals surface area contributed by atoms with Crippen molar-refractivity contribution in [1.29, 1.82) is 0 Å². The SMILES string of the molecule is C#CCNC(=O)[C@@H]1CCCN(c2cc(C)nc(C)n2)C1. The van der Waals surface area contributed by atoms with E-state index < -0.39 is 0 Å². The van der Waals surface area contributed by atoms with Crippen LogP contribution in [0, 0.1) is 32.1 Å². The fourth-order valence-electron chi connectivity index (χ4n) is 2.54. The van der Waals surface area contributed by atoms with Crippen molar-refractivity contribution in [3.05, 3.63) is 17.6 Å². The van der Waals surface area contributed by atoms with Gasteiger partial charge in [0.15, 0.2) is 0 Å². The summed E-state index contributed by atoms with van der Waals surface area (Å²) in [6, 6.07) is 1.97. The van der Waals surface area contributed by atoms with Crippen molar-refractivity contribution in [2.45, 2.75) is 26.7 Å². The molecule has 1 saturated heterocycles. The van der Waals surface area contributed by atoms with Crippen molar-refractivity contribution in [3.63, 3.8) is 0 Å². The van der Waals surface area contributed by atoms with Gasteiger partial charge in [-0.2, -0.15) is 0 Å². The third-order valence-corrected chi connectivity index (χ3v) is 3.43. The third kappa shape index (κ3) is 3.47. The summed E-state index contributed by atoms with van der Waals surface area (Å²) in [5.74, 6) is 4.12. The van der Waals surface area contributed by atoms with E-state index in [9.17, 15) is 4.79 Å². The second-order valence-electron chi connectivity index (χ2n) is 5.12. The number of anilines is 1. The summed E-state index contributed by atoms with van der Waals surface area (Å²) in [6.45, 7) is 5.75. The first-order valence-electron chi connectivity index (χ1n) is 6.88. The number of terminal acetylenes is 1. The Hall–Kier alpha value is -2.09. The van der Waals surface area contributed by atoms with Gasteiger partial charge in [-0.15, -0.1) is 6.42 Å². The van der Waals surface area contributed by atoms with Crippen molar-refractivity contribution in [3.8, 4) is 12.3 Å². The number of carbonyl (C=O) groups excluding carboxylic acids is 1. The van der Waals surface area contributed by atoms with Crippen LogP contribution in [-0.4, -0.2) is 35.5 Å². The molecule has 1 aromatic heterocycles. The van der Waals surface area contributed by atoms with Crippen molar-refractivity contribution >= 4 is 11.7 Å². The molecule has 1 atom stereocenters. The Bertz CT molecular complexity index is 515. The Morgan fingerprint density at radius 1 is 1.55 bits per heavy atom. The first kappa shape index (κ1) is 14.3. The summed E-state index contributed by atoms with van der Waals surface area (Å²) >= 11 is 0. The maximum absolute atomic E-state index is 12.0. The Balaban J connectivity index is 2.06. The molecule has 5 nitrogen and oxygen atoms in total. The summed E-state index contributed by atoms with van der Waals surface area (Å²) in [7, 11) is 0. The molecule has 106 valence electrons. The summed E-state index contributed by atoms with van der Waals surface area (Å²) in [5.41, 5.74) is 0.950. The fourth-order valence-corrected chi connectivity index (χ4v) is 2.54. The summed E-state index contributed by atoms with van der Waals surface area (Å²) in [4.78, 5) is 22.9. The minimum Gasteiger partial charge on any atom is -0.356 e. The van der Waals surface area contributed by atoms with Gasteiger partial charge in [0.25, 0.3) is 0 Å². The lowest BCUT2D eigenvalue weighted by atomic mass is 9.97. The summed E-state index contributed by atoms with van der Waals surface area (Å²) < 4.78 is 0. The van der Waals surface area contributed by atoms with Crippen molar-refractivity contribution in [2.75, 3.05) is 24.5 Å². The van der Waals surface area contributed by atoms with Crippen LogP contribution in [0.25, 0.3) is 0 Å². The molecular formula is C15H20N4O. The van der Waals surface area contributed by atoms with E-state index in [1.54, 1.807) is 0 Å². The van der Waals surface area contributed by atoms with E-state index in [0.717, 1.165) is 36.7 Å². The van der Waals surface area contributed by atoms with Crippen molar-refractivity contribution < 1.29 is 4.79 Å². The number of aromatic nitrogens is 2. The van der Waals surface area contributed by atoms with Crippen LogP contribution >= 0.6 is 0 Å². The molecule has 5 heteroatoms. The van der Waals surface area contributed by atoms with E-state index in [1.165, 1.54) is 0 Å². The zero-order valence-electron chi connectivity index (χ0n) is 12.0. The number of nitrogens with one attached hydrogen (secondary N) is 1. The van der Waals surface area contributed by atoms with Crippen LogP contribution in [0.5, 0.6) is 0 Å². The second-order valence-corrected chi connectivity index (χ2v) is 5.12. The van der Waals surface area contributed by atoms with Gasteiger partial charge < -0.3 is 10.2 Å². The standard InChI is InChI=1S/C15H20N4O/c1-4-7-16-15(20)13-6-5-8-19(10-13)14-9-11(2)17-12(3)18-14/h1,9,13H,5-8,10H2,2-3H3,(H,16,20)/t13-/m1/s1. The lowest BCUT2D eigenvalue weighted by molar-refractivity contribution is -0.124. The molecule has 0 radical (unpaired) electrons. The molecule has 0 unspecified atom stereocenters. The molecule has 0 spiro atoms. The summed E-state index contributed by atoms with van der Waals surface area (Å²) in [5, 5.41) is 2.76. The number of hydrogen-bond acceptors (Lipinski definition) is 4. The van der Waals surface area contributed by atoms with Gasteiger partial charge in [0.05, 0.1) is 12.5 Å². The largest absolute Gasteiger partial charge is 0.356 e. The highest BCUT2D eigenvalue weighted by atomic mass is 16.1. The van der Waals surface area contributed by atoms with Crippen LogP contribution in [0.15, 0.2) is 6.07 Å². The minimum atomic E-state index is -0.0207. The van der Waals surface area contributed by atoms with Crippen LogP contribution in [-0.2, 0) is 4.79 Å². The van der Waals surface area contributed by atoms with Gasteiger partial charge in [0.2, 0.25) is 5.91 Å². The molecule has 0 saturated carbocycles. The molecule has 1 N–H and O–H groups in total. The number of nitrogens with zero attached hydrogens (tertiary/aromatic N) is 3. The zero-order valence-corrected chi connectivity index (χ0v) is 12.0. The van der Waals surface area contributed by atoms with E-state index in [-0.39, 0.29) is 11.8 Å². The monoisotopic (exact) mass is 272 g/mol. The molecule has 1 aromatic rings. The minimum absolute atomic E-state index is 0.0207. The Morgan fingerprint density at radius 2 is 2.35 bits per heavy atom. The predicted molar refractivity (Wildman–Crippen MR) is 78.3 cm³/mol. The Labute approximate surface area is 119 Å². The number of carbonyl (C=O) groups is 1. The third-order valence-electron chi connectivity index (χ3n) is 3.43. The van der Waals surface area contributed by atoms with Crippen LogP contribution < -0.4 is 10.2 Å². The highest BCUT2D eigenvalue weighted by Crippen LogP contribution is 2.22. The molecule has 2 rings (SSSR count). The Kier molecular flexibility index (Phi) is 4.57. The molecule has 1 fully saturated rings. The lowest BCUT2D eigenvalue weighted by Crippen LogP contribution is -2.43. The first-order chi connectivity index (χ1) is 9.60. The molecule has 0 aromatic carbocycles. The molecule has 1 aliphatic rings. The topological polar surface area (TPSA) is 58.1 Å². The van der Waals surface area contributed by atoms with Gasteiger partial charge in [-0.05, 0) is 26.7 Å². The lowest BCUT2D eigenvalue weighted by Gasteiger charge is -2.33. The van der Waals surface area contributed by atoms with Gasteiger partial charge in [-0.1, -0.05) is 5.92 Å². The number of amides is 1. The van der Waals surface area contributed by atoms with Crippen molar-refractivity contribution in [2.24, 2.45) is 5.92 Å². The van der Waals surface area contributed by atoms with E-state index >= 15 is 0 Å². The molecule has 20 heavy (non-hydrogen) atoms. The van der Waals surface area contributed by atoms with E-state index in [1.807, 2.05) is 19.9 Å². The van der Waals surface area contributed by atoms with Crippen LogP contribution in [0.4, 0.5) is 5.82 Å². The van der Waals surface area contributed by atoms with Gasteiger partial charge in [-0.3, -0.25) is 4.79 Å². The molecule has 0 aliphatic carbocycles. The normalized spacial score (nSPS) is 18.4. The van der Waals surface area contributed by atoms with Gasteiger partial charge >= 0.3 is 0 Å². The van der Waals surface area contributed by atoms with Crippen LogP contribution in [0.3, 0.4) is 0 Å². The van der Waals surface area contributed by atoms with Crippen LogP contribution in [0.2, 0.25) is 0 Å². The zero-order chi connectivity index (χ0) is 14.5. The molecular weight excluding hydrogens is 252 g/mol. The predicted octanol–water partition coefficient (Wildman–Crippen LogP) is 1.06. The highest BCUT2D eigenvalue weighted by Gasteiger charge is 2.26. The first-order valence-corrected chi connectivity index (χ1v) is 6.88. The number of hydrogen-bond donors (Lipinski definition) is 1. The quantitative estimate of drug-likeness (QED) is 0.836. The second kappa shape index (κ2) is 6.38. The van der Waals surface area contributed by atoms with Crippen molar-refractivity contribution in [1.82, 2.24) is 15.3 Å². The van der Waals surface area contributed by atoms with E-state index in [0.29, 0.717) is 13.1 Å². The average Bonchev–Trinajstić information content (AvgIpc) is 2.44. The maximum atomic E-state index is 12.0. The Morgan fingerprint density at radius 3 is 3.05 bits per heavy atom. The highest BCUT2D eigenvalue weighted by molar-refractivity contribution is 5.79. The number of rotatable bonds is 3. The van der Waals surface area contributed by atoms with E-state index in [2.05, 4.69) is 26.1 Å². The van der Waals surface area contributed by atoms with Gasteiger partial charge in [0.1, 0.15) is 11.6 Å². The average molecular weight is 272 g/mol. The number of aryl methyl sites for hydroxylation is 2. The van der Waals surface area contributed by atoms with Gasteiger partial charge in [-0.25, -0.2) is 9.97 Å².